The number of hydrogen-bond acceptors (Lipinski definition) is 4. The van der Waals surface area contributed by atoms with Gasteiger partial charge in [0.1, 0.15) is 0 Å². The van der Waals surface area contributed by atoms with Crippen molar-refractivity contribution in [1.82, 2.24) is 0 Å². The molecule has 0 fully saturated rings. The van der Waals surface area contributed by atoms with E-state index >= 15 is 0 Å². The lowest BCUT2D eigenvalue weighted by Gasteiger charge is -2.20. The Bertz CT molecular complexity index is 434. The van der Waals surface area contributed by atoms with Gasteiger partial charge in [-0.3, -0.25) is 0 Å². The molecule has 90 valence electrons. The highest BCUT2D eigenvalue weighted by Gasteiger charge is 2.14. The van der Waals surface area contributed by atoms with Gasteiger partial charge in [0, 0.05) is 11.9 Å². The number of carbonyl (C=O) groups is 2. The molecule has 0 spiro atoms. The third-order valence-corrected chi connectivity index (χ3v) is 2.43. The van der Waals surface area contributed by atoms with Gasteiger partial charge in [0.15, 0.2) is 0 Å². The number of carbonyl (C=O) groups excluding carboxylic acids is 2. The summed E-state index contributed by atoms with van der Waals surface area (Å²) in [6.45, 7) is 1.59. The van der Waals surface area contributed by atoms with Crippen LogP contribution in [0.25, 0.3) is 6.08 Å². The van der Waals surface area contributed by atoms with E-state index in [2.05, 4.69) is 0 Å². The van der Waals surface area contributed by atoms with Gasteiger partial charge >= 0.3 is 0 Å². The van der Waals surface area contributed by atoms with Crippen LogP contribution in [0.2, 0.25) is 0 Å². The van der Waals surface area contributed by atoms with Crippen LogP contribution in [-0.2, 0) is 9.59 Å². The van der Waals surface area contributed by atoms with E-state index in [1.807, 2.05) is 0 Å². The molecule has 0 heterocycles. The van der Waals surface area contributed by atoms with Crippen molar-refractivity contribution >= 4 is 18.0 Å². The zero-order valence-electron chi connectivity index (χ0n) is 9.38. The molecule has 0 aromatic heterocycles. The number of hydrogen-bond donors (Lipinski definition) is 0. The molecule has 1 aromatic rings. The largest absolute Gasteiger partial charge is 0.549 e. The number of rotatable bonds is 5. The van der Waals surface area contributed by atoms with Crippen molar-refractivity contribution in [3.05, 3.63) is 41.5 Å². The Kier molecular flexibility index (Phi) is 4.46. The van der Waals surface area contributed by atoms with E-state index in [9.17, 15) is 19.8 Å². The molecule has 0 amide bonds. The van der Waals surface area contributed by atoms with Crippen LogP contribution < -0.4 is 10.2 Å². The van der Waals surface area contributed by atoms with Crippen molar-refractivity contribution in [2.24, 2.45) is 5.92 Å². The molecule has 0 bridgehead atoms. The van der Waals surface area contributed by atoms with E-state index in [0.717, 1.165) is 0 Å². The zero-order chi connectivity index (χ0) is 12.8. The predicted octanol–water partition coefficient (Wildman–Crippen LogP) is -0.404. The molecule has 0 aliphatic carbocycles. The van der Waals surface area contributed by atoms with E-state index < -0.39 is 17.9 Å². The smallest absolute Gasteiger partial charge is 0.0681 e. The van der Waals surface area contributed by atoms with Gasteiger partial charge in [-0.1, -0.05) is 37.3 Å². The van der Waals surface area contributed by atoms with Crippen LogP contribution in [0, 0.1) is 5.92 Å². The second-order valence-corrected chi connectivity index (χ2v) is 3.58. The van der Waals surface area contributed by atoms with Crippen LogP contribution >= 0.6 is 0 Å². The maximum absolute atomic E-state index is 10.9. The lowest BCUT2D eigenvalue weighted by Crippen LogP contribution is -2.38. The summed E-state index contributed by atoms with van der Waals surface area (Å²) in [5.41, 5.74) is 0.352. The summed E-state index contributed by atoms with van der Waals surface area (Å²) in [6, 6.07) is 8.62. The van der Waals surface area contributed by atoms with Crippen LogP contribution in [0.1, 0.15) is 18.9 Å². The van der Waals surface area contributed by atoms with E-state index in [0.29, 0.717) is 5.56 Å². The average molecular weight is 232 g/mol. The first-order chi connectivity index (χ1) is 8.06. The first kappa shape index (κ1) is 13.0. The first-order valence-corrected chi connectivity index (χ1v) is 5.25. The van der Waals surface area contributed by atoms with Gasteiger partial charge in [0.2, 0.25) is 0 Å². The van der Waals surface area contributed by atoms with Gasteiger partial charge in [0.25, 0.3) is 0 Å². The lowest BCUT2D eigenvalue weighted by molar-refractivity contribution is -0.314. The number of carboxylic acids is 2. The summed E-state index contributed by atoms with van der Waals surface area (Å²) in [5.74, 6) is -4.04. The van der Waals surface area contributed by atoms with Crippen LogP contribution in [0.15, 0.2) is 35.9 Å². The Morgan fingerprint density at radius 1 is 1.24 bits per heavy atom. The number of carboxylic acid groups (broad SMARTS) is 2. The Balaban J connectivity index is 3.13. The van der Waals surface area contributed by atoms with Crippen LogP contribution in [0.4, 0.5) is 0 Å². The minimum atomic E-state index is -1.48. The minimum absolute atomic E-state index is 0.148. The normalized spacial score (nSPS) is 13.1. The van der Waals surface area contributed by atoms with Crippen molar-refractivity contribution in [3.63, 3.8) is 0 Å². The maximum Gasteiger partial charge on any atom is 0.0681 e. The van der Waals surface area contributed by atoms with Crippen LogP contribution in [-0.4, -0.2) is 11.9 Å². The number of benzene rings is 1. The van der Waals surface area contributed by atoms with Crippen molar-refractivity contribution in [2.45, 2.75) is 13.3 Å². The lowest BCUT2D eigenvalue weighted by atomic mass is 9.94. The summed E-state index contributed by atoms with van der Waals surface area (Å²) >= 11 is 0. The molecule has 0 saturated heterocycles. The molecule has 1 unspecified atom stereocenters. The monoisotopic (exact) mass is 232 g/mol. The molecule has 1 rings (SSSR count). The second kappa shape index (κ2) is 5.84. The highest BCUT2D eigenvalue weighted by molar-refractivity contribution is 5.96. The van der Waals surface area contributed by atoms with Gasteiger partial charge in [-0.25, -0.2) is 0 Å². The molecular formula is C13H12O4-2. The fourth-order valence-corrected chi connectivity index (χ4v) is 1.54. The summed E-state index contributed by atoms with van der Waals surface area (Å²) in [5, 5.41) is 21.8. The quantitative estimate of drug-likeness (QED) is 0.647. The van der Waals surface area contributed by atoms with E-state index in [-0.39, 0.29) is 12.0 Å². The third-order valence-electron chi connectivity index (χ3n) is 2.43. The summed E-state index contributed by atoms with van der Waals surface area (Å²) < 4.78 is 0. The molecule has 0 aliphatic rings. The minimum Gasteiger partial charge on any atom is -0.549 e. The van der Waals surface area contributed by atoms with Gasteiger partial charge in [-0.2, -0.15) is 0 Å². The Labute approximate surface area is 99.2 Å². The molecular weight excluding hydrogens is 220 g/mol. The van der Waals surface area contributed by atoms with E-state index in [1.54, 1.807) is 37.3 Å². The van der Waals surface area contributed by atoms with Crippen LogP contribution in [0.3, 0.4) is 0 Å². The highest BCUT2D eigenvalue weighted by atomic mass is 16.4. The van der Waals surface area contributed by atoms with Crippen molar-refractivity contribution < 1.29 is 19.8 Å². The maximum atomic E-state index is 10.9. The zero-order valence-corrected chi connectivity index (χ0v) is 9.38. The average Bonchev–Trinajstić information content (AvgIpc) is 2.29. The molecule has 0 N–H and O–H groups in total. The van der Waals surface area contributed by atoms with Gasteiger partial charge in [-0.05, 0) is 23.6 Å². The van der Waals surface area contributed by atoms with E-state index in [1.165, 1.54) is 6.08 Å². The third kappa shape index (κ3) is 3.45. The Morgan fingerprint density at radius 2 is 1.82 bits per heavy atom. The number of aliphatic carboxylic acids is 2. The molecule has 17 heavy (non-hydrogen) atoms. The molecule has 0 aliphatic heterocycles. The molecule has 1 aromatic carbocycles. The molecule has 4 nitrogen and oxygen atoms in total. The van der Waals surface area contributed by atoms with E-state index in [4.69, 9.17) is 0 Å². The van der Waals surface area contributed by atoms with Gasteiger partial charge in [0.05, 0.1) is 5.97 Å². The Hall–Kier alpha value is -2.10. The molecule has 4 heteroatoms. The highest BCUT2D eigenvalue weighted by Crippen LogP contribution is 2.17. The van der Waals surface area contributed by atoms with Crippen molar-refractivity contribution in [2.75, 3.05) is 0 Å². The molecule has 0 radical (unpaired) electrons. The predicted molar refractivity (Wildman–Crippen MR) is 58.2 cm³/mol. The fourth-order valence-electron chi connectivity index (χ4n) is 1.54. The SMILES string of the molecule is CCC(C(=O)[O-])/C(=C\c1ccccc1)C(=O)[O-]. The van der Waals surface area contributed by atoms with Crippen molar-refractivity contribution in [3.8, 4) is 0 Å². The van der Waals surface area contributed by atoms with Gasteiger partial charge in [-0.15, -0.1) is 0 Å². The molecule has 1 atom stereocenters. The van der Waals surface area contributed by atoms with Crippen molar-refractivity contribution in [1.29, 1.82) is 0 Å². The van der Waals surface area contributed by atoms with Gasteiger partial charge < -0.3 is 19.8 Å². The topological polar surface area (TPSA) is 80.3 Å². The second-order valence-electron chi connectivity index (χ2n) is 3.58. The fraction of sp³-hybridized carbons (Fsp3) is 0.231. The van der Waals surface area contributed by atoms with Crippen LogP contribution in [0.5, 0.6) is 0 Å². The Morgan fingerprint density at radius 3 is 2.24 bits per heavy atom. The summed E-state index contributed by atoms with van der Waals surface area (Å²) in [4.78, 5) is 21.8. The standard InChI is InChI=1S/C13H14O4/c1-2-10(12(14)15)11(13(16)17)8-9-6-4-3-5-7-9/h3-8,10H,2H2,1H3,(H,14,15)(H,16,17)/p-2/b11-8+. The summed E-state index contributed by atoms with van der Waals surface area (Å²) in [7, 11) is 0. The first-order valence-electron chi connectivity index (χ1n) is 5.25. The summed E-state index contributed by atoms with van der Waals surface area (Å²) in [6.07, 6.45) is 1.45. The molecule has 0 saturated carbocycles.